The molecule has 11 rings (SSSR count). The van der Waals surface area contributed by atoms with Gasteiger partial charge in [-0.2, -0.15) is 0 Å². The highest BCUT2D eigenvalue weighted by molar-refractivity contribution is 7.25. The van der Waals surface area contributed by atoms with E-state index >= 15 is 0 Å². The van der Waals surface area contributed by atoms with Gasteiger partial charge in [-0.1, -0.05) is 166 Å². The molecule has 0 unspecified atom stereocenters. The van der Waals surface area contributed by atoms with Gasteiger partial charge < -0.3 is 10.2 Å². The minimum atomic E-state index is 0.0506. The lowest BCUT2D eigenvalue weighted by molar-refractivity contribution is 0.590. The summed E-state index contributed by atoms with van der Waals surface area (Å²) in [4.78, 5) is 2.58. The molecule has 4 heteroatoms. The zero-order valence-electron chi connectivity index (χ0n) is 33.8. The maximum absolute atomic E-state index is 3.98. The molecule has 0 radical (unpaired) electrons. The molecule has 0 fully saturated rings. The van der Waals surface area contributed by atoms with Crippen molar-refractivity contribution in [1.29, 1.82) is 0 Å². The SMILES string of the molecule is Cc1cc(C(C)(C)C)ccc1N1c2cc3sc4ccccc4c3cc2Bc2c1cc1ccccc1c2-c1ccc2ccccc2c1Nc1ccc(-c2ccccc2)cc1. The maximum Gasteiger partial charge on any atom is 0.198 e. The number of aryl methyl sites for hydroxylation is 1. The van der Waals surface area contributed by atoms with Gasteiger partial charge in [0.05, 0.1) is 5.69 Å². The molecule has 1 aliphatic heterocycles. The summed E-state index contributed by atoms with van der Waals surface area (Å²) >= 11 is 1.89. The summed E-state index contributed by atoms with van der Waals surface area (Å²) in [7, 11) is 0.818. The normalized spacial score (nSPS) is 12.5. The van der Waals surface area contributed by atoms with E-state index in [0.29, 0.717) is 0 Å². The van der Waals surface area contributed by atoms with Crippen molar-refractivity contribution in [2.45, 2.75) is 33.1 Å². The summed E-state index contributed by atoms with van der Waals surface area (Å²) in [6, 6.07) is 65.2. The summed E-state index contributed by atoms with van der Waals surface area (Å²) < 4.78 is 2.65. The van der Waals surface area contributed by atoms with Crippen LogP contribution in [-0.4, -0.2) is 7.28 Å². The molecule has 2 nitrogen and oxygen atoms in total. The Balaban J connectivity index is 1.17. The van der Waals surface area contributed by atoms with E-state index in [0.717, 1.165) is 18.7 Å². The fourth-order valence-electron chi connectivity index (χ4n) is 9.31. The number of hydrogen-bond donors (Lipinski definition) is 1. The molecular formula is C55H43BN2S. The van der Waals surface area contributed by atoms with Crippen LogP contribution < -0.4 is 21.1 Å². The third-order valence-electron chi connectivity index (χ3n) is 12.3. The van der Waals surface area contributed by atoms with Crippen molar-refractivity contribution in [3.63, 3.8) is 0 Å². The molecule has 1 N–H and O–H groups in total. The molecule has 0 saturated carbocycles. The molecule has 10 aromatic rings. The predicted octanol–water partition coefficient (Wildman–Crippen LogP) is 14.2. The fraction of sp³-hybridized carbons (Fsp3) is 0.0909. The lowest BCUT2D eigenvalue weighted by atomic mass is 9.57. The second kappa shape index (κ2) is 13.8. The lowest BCUT2D eigenvalue weighted by Crippen LogP contribution is -2.41. The molecule has 9 aromatic carbocycles. The first kappa shape index (κ1) is 35.5. The molecular weight excluding hydrogens is 731 g/mol. The standard InChI is InChI=1S/C55H43BN2S/c1-34-30-39(55(2,3)4)25-29-47(34)58-48-33-51-45(43-20-12-13-21-50(43)59-51)32-46(48)56-53-49(58)31-38-17-9-10-18-41(38)52(53)44-28-24-37-16-8-11-19-42(37)54(44)57-40-26-22-36(23-27-40)35-14-6-5-7-15-35/h5-33,56-57H,1-4H3. The third-order valence-corrected chi connectivity index (χ3v) is 13.5. The van der Waals surface area contributed by atoms with Crippen LogP contribution in [0.2, 0.25) is 0 Å². The van der Waals surface area contributed by atoms with E-state index in [1.165, 1.54) is 103 Å². The van der Waals surface area contributed by atoms with Crippen LogP contribution in [0.5, 0.6) is 0 Å². The molecule has 0 aliphatic carbocycles. The number of rotatable bonds is 5. The van der Waals surface area contributed by atoms with Crippen molar-refractivity contribution in [3.8, 4) is 22.3 Å². The van der Waals surface area contributed by atoms with Gasteiger partial charge in [0.1, 0.15) is 0 Å². The minimum Gasteiger partial charge on any atom is -0.355 e. The smallest absolute Gasteiger partial charge is 0.198 e. The molecule has 1 aromatic heterocycles. The summed E-state index contributed by atoms with van der Waals surface area (Å²) in [5.41, 5.74) is 16.2. The van der Waals surface area contributed by atoms with Crippen LogP contribution in [0, 0.1) is 6.92 Å². The molecule has 0 amide bonds. The monoisotopic (exact) mass is 774 g/mol. The molecule has 2 heterocycles. The lowest BCUT2D eigenvalue weighted by Gasteiger charge is -2.37. The van der Waals surface area contributed by atoms with E-state index < -0.39 is 0 Å². The number of nitrogens with zero attached hydrogens (tertiary/aromatic N) is 1. The Hall–Kier alpha value is -6.62. The van der Waals surface area contributed by atoms with Crippen LogP contribution >= 0.6 is 11.3 Å². The first-order valence-corrected chi connectivity index (χ1v) is 21.4. The zero-order valence-corrected chi connectivity index (χ0v) is 34.6. The minimum absolute atomic E-state index is 0.0506. The third kappa shape index (κ3) is 6.01. The first-order chi connectivity index (χ1) is 28.8. The van der Waals surface area contributed by atoms with E-state index in [9.17, 15) is 0 Å². The molecule has 0 atom stereocenters. The zero-order chi connectivity index (χ0) is 39.8. The van der Waals surface area contributed by atoms with Crippen LogP contribution in [0.25, 0.3) is 64.0 Å². The number of fused-ring (bicyclic) bond motifs is 7. The molecule has 1 aliphatic rings. The van der Waals surface area contributed by atoms with Crippen molar-refractivity contribution in [1.82, 2.24) is 0 Å². The molecule has 0 saturated heterocycles. The highest BCUT2D eigenvalue weighted by atomic mass is 32.1. The average molecular weight is 775 g/mol. The van der Waals surface area contributed by atoms with Gasteiger partial charge >= 0.3 is 0 Å². The van der Waals surface area contributed by atoms with E-state index in [1.54, 1.807) is 0 Å². The molecule has 0 spiro atoms. The summed E-state index contributed by atoms with van der Waals surface area (Å²) in [6.45, 7) is 9.19. The molecule has 0 bridgehead atoms. The molecule has 282 valence electrons. The van der Waals surface area contributed by atoms with Crippen molar-refractivity contribution in [2.75, 3.05) is 10.2 Å². The quantitative estimate of drug-likeness (QED) is 0.175. The maximum atomic E-state index is 3.98. The molecule has 59 heavy (non-hydrogen) atoms. The highest BCUT2D eigenvalue weighted by Crippen LogP contribution is 2.47. The Kier molecular flexibility index (Phi) is 8.29. The van der Waals surface area contributed by atoms with Crippen LogP contribution in [0.3, 0.4) is 0 Å². The topological polar surface area (TPSA) is 15.3 Å². The Morgan fingerprint density at radius 1 is 0.525 bits per heavy atom. The Morgan fingerprint density at radius 3 is 2.00 bits per heavy atom. The fourth-order valence-corrected chi connectivity index (χ4v) is 10.4. The highest BCUT2D eigenvalue weighted by Gasteiger charge is 2.32. The Morgan fingerprint density at radius 2 is 1.22 bits per heavy atom. The van der Waals surface area contributed by atoms with Crippen molar-refractivity contribution in [3.05, 3.63) is 187 Å². The van der Waals surface area contributed by atoms with Gasteiger partial charge in [0.15, 0.2) is 7.28 Å². The van der Waals surface area contributed by atoms with Gasteiger partial charge in [-0.25, -0.2) is 0 Å². The predicted molar refractivity (Wildman–Crippen MR) is 259 cm³/mol. The number of thiophene rings is 1. The second-order valence-corrected chi connectivity index (χ2v) is 18.2. The van der Waals surface area contributed by atoms with Gasteiger partial charge in [0, 0.05) is 48.5 Å². The number of nitrogens with one attached hydrogen (secondary N) is 1. The Labute approximate surface area is 350 Å². The van der Waals surface area contributed by atoms with E-state index in [-0.39, 0.29) is 5.41 Å². The number of hydrogen-bond acceptors (Lipinski definition) is 3. The van der Waals surface area contributed by atoms with Gasteiger partial charge in [-0.15, -0.1) is 11.3 Å². The van der Waals surface area contributed by atoms with Gasteiger partial charge in [-0.05, 0) is 104 Å². The van der Waals surface area contributed by atoms with Crippen LogP contribution in [0.1, 0.15) is 31.9 Å². The van der Waals surface area contributed by atoms with E-state index in [1.807, 2.05) is 11.3 Å². The first-order valence-electron chi connectivity index (χ1n) is 20.6. The van der Waals surface area contributed by atoms with E-state index in [2.05, 4.69) is 214 Å². The van der Waals surface area contributed by atoms with Gasteiger partial charge in [-0.3, -0.25) is 0 Å². The number of benzene rings is 9. The van der Waals surface area contributed by atoms with Crippen LogP contribution in [0.4, 0.5) is 28.4 Å². The Bertz CT molecular complexity index is 3270. The van der Waals surface area contributed by atoms with E-state index in [4.69, 9.17) is 0 Å². The van der Waals surface area contributed by atoms with Crippen LogP contribution in [0.15, 0.2) is 176 Å². The average Bonchev–Trinajstić information content (AvgIpc) is 3.62. The van der Waals surface area contributed by atoms with Gasteiger partial charge in [0.2, 0.25) is 0 Å². The van der Waals surface area contributed by atoms with Crippen molar-refractivity contribution >= 4 is 99.7 Å². The largest absolute Gasteiger partial charge is 0.355 e. The summed E-state index contributed by atoms with van der Waals surface area (Å²) in [5, 5.41) is 11.5. The van der Waals surface area contributed by atoms with Gasteiger partial charge in [0.25, 0.3) is 0 Å². The van der Waals surface area contributed by atoms with Crippen LogP contribution in [-0.2, 0) is 5.41 Å². The summed E-state index contributed by atoms with van der Waals surface area (Å²) in [5.74, 6) is 0. The van der Waals surface area contributed by atoms with Crippen molar-refractivity contribution in [2.24, 2.45) is 0 Å². The second-order valence-electron chi connectivity index (χ2n) is 17.1. The number of anilines is 5. The van der Waals surface area contributed by atoms with Crippen molar-refractivity contribution < 1.29 is 0 Å². The summed E-state index contributed by atoms with van der Waals surface area (Å²) in [6.07, 6.45) is 0.